The van der Waals surface area contributed by atoms with Gasteiger partial charge < -0.3 is 10.1 Å². The van der Waals surface area contributed by atoms with Crippen molar-refractivity contribution < 1.29 is 23.1 Å². The normalized spacial score (nSPS) is 14.3. The second-order valence-electron chi connectivity index (χ2n) is 8.59. The highest BCUT2D eigenvalue weighted by Gasteiger charge is 2.34. The van der Waals surface area contributed by atoms with Crippen LogP contribution in [-0.4, -0.2) is 36.6 Å². The fourth-order valence-electron chi connectivity index (χ4n) is 4.31. The van der Waals surface area contributed by atoms with Crippen LogP contribution < -0.4 is 4.90 Å². The Kier molecular flexibility index (Phi) is 5.27. The van der Waals surface area contributed by atoms with Crippen molar-refractivity contribution in [1.82, 2.24) is 4.98 Å². The average Bonchev–Trinajstić information content (AvgIpc) is 3.35. The van der Waals surface area contributed by atoms with Crippen molar-refractivity contribution in [2.45, 2.75) is 11.8 Å². The van der Waals surface area contributed by atoms with Crippen molar-refractivity contribution in [3.63, 3.8) is 0 Å². The van der Waals surface area contributed by atoms with Crippen LogP contribution in [0.2, 0.25) is 0 Å². The average molecular weight is 498 g/mol. The van der Waals surface area contributed by atoms with Gasteiger partial charge in [-0.3, -0.25) is 9.69 Å². The van der Waals surface area contributed by atoms with Gasteiger partial charge in [-0.1, -0.05) is 6.07 Å². The third kappa shape index (κ3) is 3.83. The summed E-state index contributed by atoms with van der Waals surface area (Å²) in [5.41, 5.74) is 4.47. The summed E-state index contributed by atoms with van der Waals surface area (Å²) < 4.78 is 23.7. The van der Waals surface area contributed by atoms with Gasteiger partial charge in [0.1, 0.15) is 0 Å². The zero-order valence-corrected chi connectivity index (χ0v) is 20.1. The molecule has 2 N–H and O–H groups in total. The number of rotatable bonds is 4. The van der Waals surface area contributed by atoms with Crippen LogP contribution in [0.4, 0.5) is 11.4 Å². The molecule has 0 saturated carbocycles. The first-order valence-electron chi connectivity index (χ1n) is 10.8. The van der Waals surface area contributed by atoms with Crippen molar-refractivity contribution in [2.24, 2.45) is 0 Å². The van der Waals surface area contributed by atoms with E-state index in [1.807, 2.05) is 6.07 Å². The van der Waals surface area contributed by atoms with E-state index in [0.717, 1.165) is 11.6 Å². The van der Waals surface area contributed by atoms with Gasteiger partial charge in [-0.15, -0.1) is 0 Å². The number of sulfone groups is 1. The molecule has 1 aromatic heterocycles. The quantitative estimate of drug-likeness (QED) is 0.394. The highest BCUT2D eigenvalue weighted by atomic mass is 32.2. The first kappa shape index (κ1) is 23.1. The molecule has 0 saturated heterocycles. The highest BCUT2D eigenvalue weighted by Crippen LogP contribution is 2.43. The number of H-pyrrole nitrogens is 1. The van der Waals surface area contributed by atoms with Gasteiger partial charge in [-0.25, -0.2) is 13.2 Å². The molecule has 0 spiro atoms. The number of aryl methyl sites for hydroxylation is 1. The fourth-order valence-corrected chi connectivity index (χ4v) is 4.94. The van der Waals surface area contributed by atoms with Gasteiger partial charge in [0.15, 0.2) is 9.84 Å². The Balaban J connectivity index is 1.66. The third-order valence-electron chi connectivity index (χ3n) is 6.14. The number of aromatic amines is 1. The minimum atomic E-state index is -3.40. The molecule has 0 radical (unpaired) electrons. The zero-order chi connectivity index (χ0) is 25.8. The molecule has 0 atom stereocenters. The standard InChI is InChI=1S/C27H19N3O5S/c1-15-9-25-22(11-18(15)14-28)23(13-19-10-16-3-4-17(27(32)33)12-24(16)29-19)26(31)30(25)20-5-7-21(8-6-20)36(2,34)35/h3-13,29H,1-2H3,(H,32,33). The predicted molar refractivity (Wildman–Crippen MR) is 136 cm³/mol. The minimum Gasteiger partial charge on any atom is -0.478 e. The van der Waals surface area contributed by atoms with E-state index in [4.69, 9.17) is 0 Å². The number of nitriles is 1. The van der Waals surface area contributed by atoms with Gasteiger partial charge in [0, 0.05) is 34.1 Å². The topological polar surface area (TPSA) is 131 Å². The minimum absolute atomic E-state index is 0.142. The Morgan fingerprint density at radius 2 is 1.81 bits per heavy atom. The summed E-state index contributed by atoms with van der Waals surface area (Å²) >= 11 is 0. The van der Waals surface area contributed by atoms with E-state index in [2.05, 4.69) is 11.1 Å². The van der Waals surface area contributed by atoms with Crippen LogP contribution in [0.5, 0.6) is 0 Å². The highest BCUT2D eigenvalue weighted by molar-refractivity contribution is 7.90. The SMILES string of the molecule is Cc1cc2c(cc1C#N)C(=Cc1cc3ccc(C(=O)O)cc3[nH]1)C(=O)N2c1ccc(S(C)(=O)=O)cc1. The number of nitrogens with one attached hydrogen (secondary N) is 1. The van der Waals surface area contributed by atoms with Crippen molar-refractivity contribution in [3.05, 3.63) is 88.6 Å². The van der Waals surface area contributed by atoms with E-state index in [1.54, 1.807) is 43.3 Å². The molecule has 0 bridgehead atoms. The van der Waals surface area contributed by atoms with Crippen LogP contribution in [-0.2, 0) is 14.6 Å². The van der Waals surface area contributed by atoms with Crippen molar-refractivity contribution >= 4 is 55.6 Å². The van der Waals surface area contributed by atoms with Crippen molar-refractivity contribution in [3.8, 4) is 6.07 Å². The van der Waals surface area contributed by atoms with Crippen molar-refractivity contribution in [2.75, 3.05) is 11.2 Å². The summed E-state index contributed by atoms with van der Waals surface area (Å²) in [6, 6.07) is 18.2. The van der Waals surface area contributed by atoms with Crippen LogP contribution >= 0.6 is 0 Å². The second kappa shape index (κ2) is 8.22. The summed E-state index contributed by atoms with van der Waals surface area (Å²) in [4.78, 5) is 29.8. The largest absolute Gasteiger partial charge is 0.478 e. The molecule has 3 aromatic carbocycles. The molecule has 0 aliphatic carbocycles. The van der Waals surface area contributed by atoms with E-state index in [9.17, 15) is 28.4 Å². The monoisotopic (exact) mass is 497 g/mol. The van der Waals surface area contributed by atoms with Crippen LogP contribution in [0.15, 0.2) is 65.6 Å². The molecule has 9 heteroatoms. The first-order valence-corrected chi connectivity index (χ1v) is 12.7. The number of carbonyl (C=O) groups is 2. The molecular weight excluding hydrogens is 478 g/mol. The summed E-state index contributed by atoms with van der Waals surface area (Å²) in [5.74, 6) is -1.38. The van der Waals surface area contributed by atoms with Gasteiger partial charge in [0.2, 0.25) is 0 Å². The number of aromatic nitrogens is 1. The maximum absolute atomic E-state index is 13.7. The van der Waals surface area contributed by atoms with Gasteiger partial charge in [-0.2, -0.15) is 5.26 Å². The number of benzene rings is 3. The fraction of sp³-hybridized carbons (Fsp3) is 0.0741. The lowest BCUT2D eigenvalue weighted by atomic mass is 10.00. The number of aromatic carboxylic acids is 1. The lowest BCUT2D eigenvalue weighted by Gasteiger charge is -2.18. The van der Waals surface area contributed by atoms with Gasteiger partial charge in [0.25, 0.3) is 5.91 Å². The van der Waals surface area contributed by atoms with Crippen LogP contribution in [0.3, 0.4) is 0 Å². The molecule has 36 heavy (non-hydrogen) atoms. The molecule has 4 aromatic rings. The first-order chi connectivity index (χ1) is 17.1. The van der Waals surface area contributed by atoms with E-state index in [0.29, 0.717) is 44.8 Å². The lowest BCUT2D eigenvalue weighted by Crippen LogP contribution is -2.20. The summed E-state index contributed by atoms with van der Waals surface area (Å²) in [7, 11) is -3.40. The molecule has 1 amide bonds. The van der Waals surface area contributed by atoms with E-state index >= 15 is 0 Å². The number of fused-ring (bicyclic) bond motifs is 2. The number of nitrogens with zero attached hydrogens (tertiary/aromatic N) is 2. The number of amides is 1. The van der Waals surface area contributed by atoms with Crippen LogP contribution in [0.1, 0.15) is 32.7 Å². The number of anilines is 2. The molecule has 178 valence electrons. The molecule has 5 rings (SSSR count). The summed E-state index contributed by atoms with van der Waals surface area (Å²) in [6.45, 7) is 1.79. The van der Waals surface area contributed by atoms with E-state index < -0.39 is 15.8 Å². The third-order valence-corrected chi connectivity index (χ3v) is 7.27. The molecule has 8 nitrogen and oxygen atoms in total. The Labute approximate surface area is 206 Å². The van der Waals surface area contributed by atoms with Gasteiger partial charge in [0.05, 0.1) is 33.4 Å². The molecule has 1 aliphatic heterocycles. The number of carbonyl (C=O) groups excluding carboxylic acids is 1. The summed E-state index contributed by atoms with van der Waals surface area (Å²) in [6.07, 6.45) is 2.79. The maximum Gasteiger partial charge on any atom is 0.335 e. The zero-order valence-electron chi connectivity index (χ0n) is 19.2. The van der Waals surface area contributed by atoms with Crippen molar-refractivity contribution in [1.29, 1.82) is 5.26 Å². The Bertz CT molecular complexity index is 1770. The smallest absolute Gasteiger partial charge is 0.335 e. The molecule has 0 fully saturated rings. The number of hydrogen-bond donors (Lipinski definition) is 2. The second-order valence-corrected chi connectivity index (χ2v) is 10.6. The Morgan fingerprint density at radius 3 is 2.44 bits per heavy atom. The Morgan fingerprint density at radius 1 is 1.08 bits per heavy atom. The molecular formula is C27H19N3O5S. The van der Waals surface area contributed by atoms with E-state index in [-0.39, 0.29) is 16.4 Å². The predicted octanol–water partition coefficient (Wildman–Crippen LogP) is 4.67. The van der Waals surface area contributed by atoms with Gasteiger partial charge >= 0.3 is 5.97 Å². The number of hydrogen-bond acceptors (Lipinski definition) is 5. The van der Waals surface area contributed by atoms with E-state index in [1.165, 1.54) is 29.2 Å². The van der Waals surface area contributed by atoms with Crippen LogP contribution in [0, 0.1) is 18.3 Å². The molecule has 0 unspecified atom stereocenters. The molecule has 2 heterocycles. The Hall–Kier alpha value is -4.68. The van der Waals surface area contributed by atoms with Crippen LogP contribution in [0.25, 0.3) is 22.6 Å². The van der Waals surface area contributed by atoms with Gasteiger partial charge in [-0.05, 0) is 73.2 Å². The lowest BCUT2D eigenvalue weighted by molar-refractivity contribution is -0.112. The summed E-state index contributed by atoms with van der Waals surface area (Å²) in [5, 5.41) is 19.6. The maximum atomic E-state index is 13.7. The molecule has 1 aliphatic rings. The number of carboxylic acids is 1. The number of carboxylic acid groups (broad SMARTS) is 1.